The highest BCUT2D eigenvalue weighted by Crippen LogP contribution is 2.16. The average molecular weight is 356 g/mol. The first kappa shape index (κ1) is 14.5. The Hall–Kier alpha value is -2.40. The van der Waals surface area contributed by atoms with Crippen molar-refractivity contribution in [3.8, 4) is 5.69 Å². The Labute approximate surface area is 136 Å². The van der Waals surface area contributed by atoms with E-state index >= 15 is 0 Å². The van der Waals surface area contributed by atoms with Crippen molar-refractivity contribution in [3.63, 3.8) is 0 Å². The quantitative estimate of drug-likeness (QED) is 0.709. The average Bonchev–Trinajstić information content (AvgIpc) is 2.82. The second kappa shape index (κ2) is 6.15. The molecule has 110 valence electrons. The summed E-state index contributed by atoms with van der Waals surface area (Å²) in [5.41, 5.74) is 2.85. The molecule has 2 aromatic carbocycles. The maximum atomic E-state index is 12.5. The molecular formula is C17H14BrN3O. The van der Waals surface area contributed by atoms with E-state index in [-0.39, 0.29) is 5.56 Å². The highest BCUT2D eigenvalue weighted by atomic mass is 79.9. The van der Waals surface area contributed by atoms with Gasteiger partial charge in [-0.05, 0) is 43.3 Å². The Kier molecular flexibility index (Phi) is 4.06. The monoisotopic (exact) mass is 355 g/mol. The number of aliphatic imine (C=N–C) groups is 1. The summed E-state index contributed by atoms with van der Waals surface area (Å²) < 4.78 is 2.52. The van der Waals surface area contributed by atoms with Gasteiger partial charge in [0, 0.05) is 16.4 Å². The van der Waals surface area contributed by atoms with Crippen molar-refractivity contribution in [2.24, 2.45) is 4.99 Å². The van der Waals surface area contributed by atoms with Crippen molar-refractivity contribution in [2.75, 3.05) is 0 Å². The van der Waals surface area contributed by atoms with Gasteiger partial charge in [0.05, 0.1) is 16.9 Å². The van der Waals surface area contributed by atoms with Crippen LogP contribution in [0.5, 0.6) is 0 Å². The van der Waals surface area contributed by atoms with Crippen molar-refractivity contribution < 1.29 is 0 Å². The van der Waals surface area contributed by atoms with E-state index in [1.54, 1.807) is 6.21 Å². The second-order valence-corrected chi connectivity index (χ2v) is 5.78. The number of aryl methyl sites for hydroxylation is 1. The predicted octanol–water partition coefficient (Wildman–Crippen LogP) is 3.99. The molecule has 0 fully saturated rings. The summed E-state index contributed by atoms with van der Waals surface area (Å²) in [6.45, 7) is 1.86. The smallest absolute Gasteiger partial charge is 0.280 e. The largest absolute Gasteiger partial charge is 0.295 e. The Balaban J connectivity index is 1.97. The molecule has 0 aliphatic rings. The van der Waals surface area contributed by atoms with Crippen LogP contribution in [0.4, 0.5) is 5.69 Å². The number of benzene rings is 2. The number of aromatic amines is 1. The van der Waals surface area contributed by atoms with Gasteiger partial charge in [-0.3, -0.25) is 14.9 Å². The lowest BCUT2D eigenvalue weighted by atomic mass is 10.2. The van der Waals surface area contributed by atoms with Gasteiger partial charge in [0.25, 0.3) is 5.56 Å². The molecule has 0 saturated heterocycles. The summed E-state index contributed by atoms with van der Waals surface area (Å²) in [7, 11) is 0. The number of nitrogens with zero attached hydrogens (tertiary/aromatic N) is 2. The first-order chi connectivity index (χ1) is 10.6. The van der Waals surface area contributed by atoms with Crippen LogP contribution in [0.1, 0.15) is 11.3 Å². The molecule has 1 aromatic heterocycles. The van der Waals surface area contributed by atoms with E-state index in [0.717, 1.165) is 21.5 Å². The molecule has 5 heteroatoms. The van der Waals surface area contributed by atoms with Gasteiger partial charge in [-0.25, -0.2) is 4.68 Å². The van der Waals surface area contributed by atoms with Gasteiger partial charge in [0.1, 0.15) is 0 Å². The molecule has 0 bridgehead atoms. The van der Waals surface area contributed by atoms with Gasteiger partial charge in [-0.15, -0.1) is 0 Å². The Morgan fingerprint density at radius 3 is 2.45 bits per heavy atom. The van der Waals surface area contributed by atoms with E-state index in [9.17, 15) is 4.79 Å². The molecule has 0 amide bonds. The summed E-state index contributed by atoms with van der Waals surface area (Å²) in [6, 6.07) is 17.1. The zero-order valence-corrected chi connectivity index (χ0v) is 13.5. The number of rotatable bonds is 3. The molecule has 1 heterocycles. The summed E-state index contributed by atoms with van der Waals surface area (Å²) in [5, 5.41) is 3.08. The molecule has 22 heavy (non-hydrogen) atoms. The highest BCUT2D eigenvalue weighted by Gasteiger charge is 2.10. The summed E-state index contributed by atoms with van der Waals surface area (Å²) in [6.07, 6.45) is 1.61. The highest BCUT2D eigenvalue weighted by molar-refractivity contribution is 9.10. The van der Waals surface area contributed by atoms with Gasteiger partial charge in [-0.2, -0.15) is 0 Å². The van der Waals surface area contributed by atoms with Crippen LogP contribution in [0.2, 0.25) is 0 Å². The minimum absolute atomic E-state index is 0.107. The van der Waals surface area contributed by atoms with E-state index in [1.807, 2.05) is 61.5 Å². The van der Waals surface area contributed by atoms with Crippen molar-refractivity contribution in [1.82, 2.24) is 9.78 Å². The van der Waals surface area contributed by atoms with Gasteiger partial charge in [-0.1, -0.05) is 34.1 Å². The fourth-order valence-electron chi connectivity index (χ4n) is 2.14. The van der Waals surface area contributed by atoms with Gasteiger partial charge in [0.15, 0.2) is 0 Å². The molecule has 0 aliphatic heterocycles. The SMILES string of the molecule is Cc1[nH]n(-c2ccccc2)c(=O)c1C=Nc1ccc(Br)cc1. The van der Waals surface area contributed by atoms with Crippen molar-refractivity contribution in [2.45, 2.75) is 6.92 Å². The van der Waals surface area contributed by atoms with E-state index in [1.165, 1.54) is 4.68 Å². The molecule has 0 aliphatic carbocycles. The number of nitrogens with one attached hydrogen (secondary N) is 1. The van der Waals surface area contributed by atoms with Crippen LogP contribution in [0.25, 0.3) is 5.69 Å². The maximum Gasteiger partial charge on any atom is 0.280 e. The van der Waals surface area contributed by atoms with E-state index in [2.05, 4.69) is 26.0 Å². The molecule has 0 spiro atoms. The second-order valence-electron chi connectivity index (χ2n) is 4.86. The zero-order chi connectivity index (χ0) is 15.5. The Morgan fingerprint density at radius 2 is 1.77 bits per heavy atom. The minimum atomic E-state index is -0.107. The Morgan fingerprint density at radius 1 is 1.09 bits per heavy atom. The molecule has 1 N–H and O–H groups in total. The molecular weight excluding hydrogens is 342 g/mol. The lowest BCUT2D eigenvalue weighted by molar-refractivity contribution is 0.835. The standard InChI is InChI=1S/C17H14BrN3O/c1-12-16(11-19-14-9-7-13(18)8-10-14)17(22)21(20-12)15-5-3-2-4-6-15/h2-11,20H,1H3. The predicted molar refractivity (Wildman–Crippen MR) is 92.5 cm³/mol. The minimum Gasteiger partial charge on any atom is -0.295 e. The molecule has 3 aromatic rings. The van der Waals surface area contributed by atoms with Gasteiger partial charge < -0.3 is 0 Å². The molecule has 0 radical (unpaired) electrons. The van der Waals surface area contributed by atoms with Crippen molar-refractivity contribution in [3.05, 3.63) is 80.7 Å². The van der Waals surface area contributed by atoms with Crippen LogP contribution < -0.4 is 5.56 Å². The topological polar surface area (TPSA) is 50.1 Å². The molecule has 3 rings (SSSR count). The van der Waals surface area contributed by atoms with Crippen LogP contribution in [0, 0.1) is 6.92 Å². The summed E-state index contributed by atoms with van der Waals surface area (Å²) in [5.74, 6) is 0. The van der Waals surface area contributed by atoms with E-state index in [0.29, 0.717) is 5.56 Å². The van der Waals surface area contributed by atoms with Crippen LogP contribution in [-0.4, -0.2) is 16.0 Å². The van der Waals surface area contributed by atoms with Crippen LogP contribution in [-0.2, 0) is 0 Å². The fourth-order valence-corrected chi connectivity index (χ4v) is 2.40. The van der Waals surface area contributed by atoms with Gasteiger partial charge in [0.2, 0.25) is 0 Å². The number of H-pyrrole nitrogens is 1. The van der Waals surface area contributed by atoms with Crippen LogP contribution in [0.3, 0.4) is 0 Å². The molecule has 0 atom stereocenters. The van der Waals surface area contributed by atoms with E-state index < -0.39 is 0 Å². The third-order valence-corrected chi connectivity index (χ3v) is 3.83. The molecule has 4 nitrogen and oxygen atoms in total. The molecule has 0 unspecified atom stereocenters. The lowest BCUT2D eigenvalue weighted by Gasteiger charge is -1.99. The number of hydrogen-bond acceptors (Lipinski definition) is 2. The Bertz CT molecular complexity index is 861. The number of aromatic nitrogens is 2. The third-order valence-electron chi connectivity index (χ3n) is 3.30. The molecule has 0 saturated carbocycles. The fraction of sp³-hybridized carbons (Fsp3) is 0.0588. The van der Waals surface area contributed by atoms with Gasteiger partial charge >= 0.3 is 0 Å². The van der Waals surface area contributed by atoms with Crippen molar-refractivity contribution >= 4 is 27.8 Å². The lowest BCUT2D eigenvalue weighted by Crippen LogP contribution is -2.17. The summed E-state index contributed by atoms with van der Waals surface area (Å²) >= 11 is 3.38. The van der Waals surface area contributed by atoms with Crippen molar-refractivity contribution in [1.29, 1.82) is 0 Å². The zero-order valence-electron chi connectivity index (χ0n) is 12.0. The maximum absolute atomic E-state index is 12.5. The number of para-hydroxylation sites is 1. The van der Waals surface area contributed by atoms with Crippen LogP contribution in [0.15, 0.2) is 68.9 Å². The number of hydrogen-bond donors (Lipinski definition) is 1. The van der Waals surface area contributed by atoms with E-state index in [4.69, 9.17) is 0 Å². The first-order valence-corrected chi connectivity index (χ1v) is 7.61. The third kappa shape index (κ3) is 2.94. The normalized spacial score (nSPS) is 11.2. The first-order valence-electron chi connectivity index (χ1n) is 6.82. The summed E-state index contributed by atoms with van der Waals surface area (Å²) in [4.78, 5) is 16.9. The van der Waals surface area contributed by atoms with Crippen LogP contribution >= 0.6 is 15.9 Å². The number of halogens is 1.